The number of anilines is 2. The Balaban J connectivity index is 1.06. The minimum atomic E-state index is -1.48. The van der Waals surface area contributed by atoms with Gasteiger partial charge in [0.05, 0.1) is 31.4 Å². The van der Waals surface area contributed by atoms with E-state index in [4.69, 9.17) is 14.2 Å². The van der Waals surface area contributed by atoms with Gasteiger partial charge in [-0.2, -0.15) is 10.2 Å². The zero-order valence-electron chi connectivity index (χ0n) is 25.3. The number of nitrogens with one attached hydrogen (secondary N) is 1. The van der Waals surface area contributed by atoms with Crippen LogP contribution in [0.3, 0.4) is 0 Å². The van der Waals surface area contributed by atoms with Gasteiger partial charge < -0.3 is 29.5 Å². The first kappa shape index (κ1) is 31.5. The average Bonchev–Trinajstić information content (AvgIpc) is 3.03. The number of halogens is 2. The number of piperidine rings is 2. The molecule has 1 aromatic heterocycles. The second-order valence-corrected chi connectivity index (χ2v) is 11.7. The molecular weight excluding hydrogens is 600 g/mol. The number of carbonyl (C=O) groups excluding carboxylic acids is 1. The monoisotopic (exact) mass is 635 g/mol. The van der Waals surface area contributed by atoms with Crippen LogP contribution >= 0.6 is 0 Å². The van der Waals surface area contributed by atoms with Gasteiger partial charge in [-0.05, 0) is 55.8 Å². The topological polar surface area (TPSA) is 146 Å². The smallest absolute Gasteiger partial charge is 0.251 e. The number of carbonyl (C=O) groups is 1. The summed E-state index contributed by atoms with van der Waals surface area (Å²) in [6, 6.07) is 14.3. The third-order valence-corrected chi connectivity index (χ3v) is 8.41. The number of hydrogen-bond donors (Lipinski definition) is 2. The predicted molar refractivity (Wildman–Crippen MR) is 162 cm³/mol. The van der Waals surface area contributed by atoms with Crippen LogP contribution in [0.5, 0.6) is 11.5 Å². The Morgan fingerprint density at radius 1 is 1.07 bits per heavy atom. The van der Waals surface area contributed by atoms with Gasteiger partial charge in [-0.3, -0.25) is 9.69 Å². The molecule has 3 saturated heterocycles. The van der Waals surface area contributed by atoms with Crippen molar-refractivity contribution >= 4 is 17.5 Å². The third-order valence-electron chi connectivity index (χ3n) is 8.41. The summed E-state index contributed by atoms with van der Waals surface area (Å²) < 4.78 is 46.7. The van der Waals surface area contributed by atoms with Crippen molar-refractivity contribution in [3.8, 4) is 29.0 Å². The number of amides is 1. The highest BCUT2D eigenvalue weighted by molar-refractivity contribution is 5.80. The van der Waals surface area contributed by atoms with Crippen LogP contribution in [-0.2, 0) is 9.53 Å². The van der Waals surface area contributed by atoms with Gasteiger partial charge in [-0.25, -0.2) is 18.7 Å². The highest BCUT2D eigenvalue weighted by Gasteiger charge is 2.37. The van der Waals surface area contributed by atoms with E-state index in [0.29, 0.717) is 55.0 Å². The fourth-order valence-corrected chi connectivity index (χ4v) is 5.72. The largest absolute Gasteiger partial charge is 0.487 e. The zero-order valence-corrected chi connectivity index (χ0v) is 25.3. The van der Waals surface area contributed by atoms with E-state index in [1.54, 1.807) is 42.5 Å². The second kappa shape index (κ2) is 13.9. The fraction of sp³-hybridized carbons (Fsp3) is 0.469. The number of aromatic nitrogens is 3. The molecule has 1 amide bonds. The van der Waals surface area contributed by atoms with Crippen molar-refractivity contribution in [3.63, 3.8) is 0 Å². The maximum absolute atomic E-state index is 14.9. The molecule has 5 atom stereocenters. The van der Waals surface area contributed by atoms with Crippen molar-refractivity contribution < 1.29 is 32.9 Å². The standard InChI is InChI=1S/C32H35F2N7O5/c1-19(42)31(43)41-11-9-29(26(34)15-41)46-27-7-2-20(12-21(27)13-35)30-36-18-37-32(39-30)38-22-3-5-24(6-4-22)45-28-8-10-40(14-25(28)33)23-16-44-17-23/h2-7,12,18-19,23,25-26,28-29,42H,8-11,14-17H2,1H3,(H,36,37,38,39)/t19-,25-,26-,28-,29-/m0/s1. The Kier molecular flexibility index (Phi) is 9.53. The molecule has 242 valence electrons. The van der Waals surface area contributed by atoms with Crippen LogP contribution in [0.25, 0.3) is 11.4 Å². The number of likely N-dealkylation sites (tertiary alicyclic amines) is 2. The normalized spacial score (nSPS) is 24.4. The van der Waals surface area contributed by atoms with E-state index in [9.17, 15) is 23.9 Å². The average molecular weight is 636 g/mol. The summed E-state index contributed by atoms with van der Waals surface area (Å²) in [4.78, 5) is 28.3. The second-order valence-electron chi connectivity index (χ2n) is 11.7. The number of aliphatic hydroxyl groups is 1. The van der Waals surface area contributed by atoms with Gasteiger partial charge in [0, 0.05) is 37.3 Å². The Labute approximate surface area is 264 Å². The van der Waals surface area contributed by atoms with Gasteiger partial charge in [0.2, 0.25) is 5.95 Å². The number of benzene rings is 2. The van der Waals surface area contributed by atoms with E-state index >= 15 is 0 Å². The summed E-state index contributed by atoms with van der Waals surface area (Å²) in [5, 5.41) is 22.4. The molecular formula is C32H35F2N7O5. The molecule has 0 bridgehead atoms. The molecule has 14 heteroatoms. The van der Waals surface area contributed by atoms with Crippen molar-refractivity contribution in [1.82, 2.24) is 24.8 Å². The highest BCUT2D eigenvalue weighted by Crippen LogP contribution is 2.29. The Morgan fingerprint density at radius 3 is 2.48 bits per heavy atom. The first-order valence-corrected chi connectivity index (χ1v) is 15.3. The number of nitriles is 1. The van der Waals surface area contributed by atoms with Crippen LogP contribution in [0.2, 0.25) is 0 Å². The van der Waals surface area contributed by atoms with Crippen LogP contribution < -0.4 is 14.8 Å². The lowest BCUT2D eigenvalue weighted by atomic mass is 10.0. The molecule has 4 heterocycles. The molecule has 3 aliphatic rings. The summed E-state index contributed by atoms with van der Waals surface area (Å²) >= 11 is 0. The molecule has 12 nitrogen and oxygen atoms in total. The van der Waals surface area contributed by atoms with Crippen molar-refractivity contribution in [2.75, 3.05) is 44.7 Å². The van der Waals surface area contributed by atoms with Crippen molar-refractivity contribution in [1.29, 1.82) is 5.26 Å². The first-order valence-electron chi connectivity index (χ1n) is 15.3. The summed E-state index contributed by atoms with van der Waals surface area (Å²) in [6.45, 7) is 3.84. The number of ether oxygens (including phenoxy) is 3. The van der Waals surface area contributed by atoms with Crippen LogP contribution in [0, 0.1) is 11.3 Å². The minimum absolute atomic E-state index is 0.177. The van der Waals surface area contributed by atoms with Gasteiger partial charge in [-0.15, -0.1) is 0 Å². The first-order chi connectivity index (χ1) is 22.3. The lowest BCUT2D eigenvalue weighted by molar-refractivity contribution is -0.143. The van der Waals surface area contributed by atoms with E-state index in [2.05, 4.69) is 31.2 Å². The lowest BCUT2D eigenvalue weighted by Gasteiger charge is -2.42. The molecule has 3 aromatic rings. The van der Waals surface area contributed by atoms with Crippen LogP contribution in [0.15, 0.2) is 48.8 Å². The predicted octanol–water partition coefficient (Wildman–Crippen LogP) is 3.04. The Hall–Kier alpha value is -4.45. The number of nitrogens with zero attached hydrogens (tertiary/aromatic N) is 6. The highest BCUT2D eigenvalue weighted by atomic mass is 19.1. The van der Waals surface area contributed by atoms with Crippen LogP contribution in [0.1, 0.15) is 25.3 Å². The van der Waals surface area contributed by atoms with E-state index in [-0.39, 0.29) is 36.8 Å². The van der Waals surface area contributed by atoms with Gasteiger partial charge in [0.15, 0.2) is 12.0 Å². The van der Waals surface area contributed by atoms with Gasteiger partial charge in [-0.1, -0.05) is 0 Å². The third kappa shape index (κ3) is 7.17. The molecule has 0 radical (unpaired) electrons. The number of aliphatic hydroxyl groups excluding tert-OH is 1. The van der Waals surface area contributed by atoms with Crippen molar-refractivity contribution in [2.45, 2.75) is 56.5 Å². The van der Waals surface area contributed by atoms with E-state index in [0.717, 1.165) is 6.54 Å². The van der Waals surface area contributed by atoms with E-state index in [1.807, 2.05) is 0 Å². The summed E-state index contributed by atoms with van der Waals surface area (Å²) in [7, 11) is 0. The Bertz CT molecular complexity index is 1570. The maximum Gasteiger partial charge on any atom is 0.251 e. The summed E-state index contributed by atoms with van der Waals surface area (Å²) in [5.74, 6) is 0.828. The summed E-state index contributed by atoms with van der Waals surface area (Å²) in [5.41, 5.74) is 1.39. The molecule has 2 aromatic carbocycles. The molecule has 46 heavy (non-hydrogen) atoms. The van der Waals surface area contributed by atoms with Crippen LogP contribution in [-0.4, -0.2) is 112 Å². The molecule has 0 spiro atoms. The van der Waals surface area contributed by atoms with Gasteiger partial charge in [0.25, 0.3) is 5.91 Å². The Morgan fingerprint density at radius 2 is 1.80 bits per heavy atom. The molecule has 6 rings (SSSR count). The van der Waals surface area contributed by atoms with Gasteiger partial charge in [0.1, 0.15) is 48.4 Å². The number of alkyl halides is 2. The molecule has 3 aliphatic heterocycles. The van der Waals surface area contributed by atoms with Crippen LogP contribution in [0.4, 0.5) is 20.4 Å². The fourth-order valence-electron chi connectivity index (χ4n) is 5.72. The van der Waals surface area contributed by atoms with E-state index in [1.165, 1.54) is 18.2 Å². The summed E-state index contributed by atoms with van der Waals surface area (Å²) in [6.07, 6.45) is -2.95. The van der Waals surface area contributed by atoms with E-state index < -0.39 is 36.6 Å². The lowest BCUT2D eigenvalue weighted by Crippen LogP contribution is -2.56. The van der Waals surface area contributed by atoms with Crippen molar-refractivity contribution in [3.05, 3.63) is 54.4 Å². The number of hydrogen-bond acceptors (Lipinski definition) is 11. The van der Waals surface area contributed by atoms with Gasteiger partial charge >= 0.3 is 0 Å². The SMILES string of the molecule is C[C@H](O)C(=O)N1CC[C@H](Oc2ccc(-c3ncnc(Nc4ccc(O[C@H]5CCN(C6COC6)C[C@@H]5F)cc4)n3)cc2C#N)[C@@H](F)C1. The zero-order chi connectivity index (χ0) is 32.2. The van der Waals surface area contributed by atoms with Crippen molar-refractivity contribution in [2.24, 2.45) is 0 Å². The molecule has 0 saturated carbocycles. The maximum atomic E-state index is 14.9. The number of rotatable bonds is 9. The molecule has 2 N–H and O–H groups in total. The molecule has 3 fully saturated rings. The molecule has 0 aliphatic carbocycles. The molecule has 0 unspecified atom stereocenters. The minimum Gasteiger partial charge on any atom is -0.487 e. The quantitative estimate of drug-likeness (QED) is 0.358.